The highest BCUT2D eigenvalue weighted by atomic mass is 32.2. The number of non-ortho nitro benzene ring substituents is 1. The van der Waals surface area contributed by atoms with E-state index < -0.39 is 11.0 Å². The number of carbonyl (C=O) groups is 1. The van der Waals surface area contributed by atoms with Crippen LogP contribution in [-0.2, 0) is 12.3 Å². The molecule has 2 aromatic carbocycles. The lowest BCUT2D eigenvalue weighted by Gasteiger charge is -2.17. The van der Waals surface area contributed by atoms with Gasteiger partial charge in [0.15, 0.2) is 11.0 Å². The van der Waals surface area contributed by atoms with E-state index in [-0.39, 0.29) is 18.2 Å². The summed E-state index contributed by atoms with van der Waals surface area (Å²) in [5.74, 6) is 0.715. The predicted molar refractivity (Wildman–Crippen MR) is 112 cm³/mol. The number of nitrogens with zero attached hydrogens (tertiary/aromatic N) is 4. The first-order valence-electron chi connectivity index (χ1n) is 9.29. The van der Waals surface area contributed by atoms with Crippen LogP contribution in [0.3, 0.4) is 0 Å². The van der Waals surface area contributed by atoms with Crippen molar-refractivity contribution in [3.05, 3.63) is 81.7 Å². The lowest BCUT2D eigenvalue weighted by Crippen LogP contribution is -2.32. The van der Waals surface area contributed by atoms with Crippen molar-refractivity contribution in [2.24, 2.45) is 0 Å². The predicted octanol–water partition coefficient (Wildman–Crippen LogP) is 2.96. The number of hydrogen-bond donors (Lipinski definition) is 2. The summed E-state index contributed by atoms with van der Waals surface area (Å²) in [5.41, 5.74) is 1.45. The van der Waals surface area contributed by atoms with Gasteiger partial charge in [0.1, 0.15) is 6.04 Å². The van der Waals surface area contributed by atoms with Crippen LogP contribution in [0.1, 0.15) is 34.7 Å². The lowest BCUT2D eigenvalue weighted by atomic mass is 10.2. The average Bonchev–Trinajstić information content (AvgIpc) is 3.19. The number of nitrogens with one attached hydrogen (secondary N) is 1. The van der Waals surface area contributed by atoms with E-state index in [4.69, 9.17) is 0 Å². The first-order chi connectivity index (χ1) is 14.5. The minimum atomic E-state index is -0.695. The summed E-state index contributed by atoms with van der Waals surface area (Å²) in [7, 11) is 0. The molecular weight excluding hydrogens is 406 g/mol. The van der Waals surface area contributed by atoms with Crippen molar-refractivity contribution in [3.63, 3.8) is 0 Å². The summed E-state index contributed by atoms with van der Waals surface area (Å²) >= 11 is 1.43. The third-order valence-electron chi connectivity index (χ3n) is 4.41. The van der Waals surface area contributed by atoms with Crippen molar-refractivity contribution in [2.75, 3.05) is 6.61 Å². The zero-order chi connectivity index (χ0) is 21.5. The van der Waals surface area contributed by atoms with Gasteiger partial charge in [0.2, 0.25) is 0 Å². The molecule has 30 heavy (non-hydrogen) atoms. The summed E-state index contributed by atoms with van der Waals surface area (Å²) in [6, 6.07) is 14.4. The van der Waals surface area contributed by atoms with Crippen LogP contribution in [0.2, 0.25) is 0 Å². The van der Waals surface area contributed by atoms with Gasteiger partial charge < -0.3 is 15.0 Å². The second kappa shape index (κ2) is 9.99. The Bertz CT molecular complexity index is 1010. The third-order valence-corrected chi connectivity index (χ3v) is 5.45. The molecule has 9 nitrogen and oxygen atoms in total. The van der Waals surface area contributed by atoms with E-state index in [1.165, 1.54) is 23.9 Å². The fraction of sp³-hybridized carbons (Fsp3) is 0.250. The van der Waals surface area contributed by atoms with Crippen molar-refractivity contribution in [1.82, 2.24) is 20.1 Å². The van der Waals surface area contributed by atoms with Crippen LogP contribution in [0, 0.1) is 10.1 Å². The van der Waals surface area contributed by atoms with Crippen LogP contribution >= 0.6 is 11.8 Å². The maximum absolute atomic E-state index is 12.4. The summed E-state index contributed by atoms with van der Waals surface area (Å²) in [4.78, 5) is 22.8. The van der Waals surface area contributed by atoms with Gasteiger partial charge >= 0.3 is 0 Å². The monoisotopic (exact) mass is 427 g/mol. The molecule has 3 aromatic rings. The van der Waals surface area contributed by atoms with Crippen LogP contribution in [-0.4, -0.2) is 37.3 Å². The molecule has 0 aliphatic rings. The molecule has 2 N–H and O–H groups in total. The molecule has 0 spiro atoms. The Hall–Kier alpha value is -3.24. The molecule has 156 valence electrons. The van der Waals surface area contributed by atoms with E-state index in [1.807, 2.05) is 17.6 Å². The van der Waals surface area contributed by atoms with Crippen molar-refractivity contribution in [2.45, 2.75) is 30.4 Å². The van der Waals surface area contributed by atoms with Crippen LogP contribution in [0.5, 0.6) is 0 Å². The molecule has 1 aromatic heterocycles. The molecule has 0 fully saturated rings. The third kappa shape index (κ3) is 5.02. The fourth-order valence-corrected chi connectivity index (χ4v) is 3.81. The molecule has 10 heteroatoms. The summed E-state index contributed by atoms with van der Waals surface area (Å²) in [6.07, 6.45) is 0. The molecule has 0 aliphatic carbocycles. The Morgan fingerprint density at radius 3 is 2.50 bits per heavy atom. The normalized spacial score (nSPS) is 11.8. The highest BCUT2D eigenvalue weighted by Crippen LogP contribution is 2.25. The number of hydrogen-bond acceptors (Lipinski definition) is 7. The number of amides is 1. The van der Waals surface area contributed by atoms with Crippen LogP contribution in [0.4, 0.5) is 5.69 Å². The molecule has 0 aliphatic heterocycles. The lowest BCUT2D eigenvalue weighted by molar-refractivity contribution is -0.384. The molecule has 3 rings (SSSR count). The molecule has 0 radical (unpaired) electrons. The number of aliphatic hydroxyl groups is 1. The second-order valence-electron chi connectivity index (χ2n) is 6.37. The Labute approximate surface area is 177 Å². The minimum Gasteiger partial charge on any atom is -0.394 e. The zero-order valence-corrected chi connectivity index (χ0v) is 17.1. The van der Waals surface area contributed by atoms with Gasteiger partial charge in [-0.2, -0.15) is 0 Å². The van der Waals surface area contributed by atoms with Gasteiger partial charge in [-0.25, -0.2) is 0 Å². The Morgan fingerprint density at radius 2 is 1.90 bits per heavy atom. The molecule has 1 heterocycles. The van der Waals surface area contributed by atoms with Crippen LogP contribution < -0.4 is 5.32 Å². The van der Waals surface area contributed by atoms with Gasteiger partial charge in [-0.15, -0.1) is 10.2 Å². The Balaban J connectivity index is 1.71. The minimum absolute atomic E-state index is 0.0442. The molecule has 1 atom stereocenters. The standard InChI is InChI=1S/C20H21N5O4S/c1-2-24-18(17(12-26)21-19(27)15-6-4-3-5-7-15)22-23-20(24)30-13-14-8-10-16(11-9-14)25(28)29/h3-11,17,26H,2,12-13H2,1H3,(H,21,27)/t17-/m1/s1. The van der Waals surface area contributed by atoms with Crippen LogP contribution in [0.15, 0.2) is 59.8 Å². The fourth-order valence-electron chi connectivity index (χ4n) is 2.85. The number of rotatable bonds is 9. The highest BCUT2D eigenvalue weighted by molar-refractivity contribution is 7.98. The molecular formula is C20H21N5O4S. The van der Waals surface area contributed by atoms with Crippen molar-refractivity contribution < 1.29 is 14.8 Å². The maximum atomic E-state index is 12.4. The topological polar surface area (TPSA) is 123 Å². The van der Waals surface area contributed by atoms with Crippen molar-refractivity contribution >= 4 is 23.4 Å². The number of aliphatic hydroxyl groups excluding tert-OH is 1. The molecule has 1 amide bonds. The molecule has 0 saturated carbocycles. The molecule has 0 saturated heterocycles. The quantitative estimate of drug-likeness (QED) is 0.306. The van der Waals surface area contributed by atoms with Gasteiger partial charge in [-0.3, -0.25) is 14.9 Å². The van der Waals surface area contributed by atoms with E-state index >= 15 is 0 Å². The number of aromatic nitrogens is 3. The SMILES string of the molecule is CCn1c(SCc2ccc([N+](=O)[O-])cc2)nnc1[C@@H](CO)NC(=O)c1ccccc1. The number of nitro groups is 1. The summed E-state index contributed by atoms with van der Waals surface area (Å²) in [6.45, 7) is 2.17. The number of carbonyl (C=O) groups excluding carboxylic acids is 1. The van der Waals surface area contributed by atoms with E-state index in [2.05, 4.69) is 15.5 Å². The van der Waals surface area contributed by atoms with Crippen molar-refractivity contribution in [3.8, 4) is 0 Å². The van der Waals surface area contributed by atoms with Gasteiger partial charge in [0, 0.05) is 30.0 Å². The number of nitro benzene ring substituents is 1. The number of thioether (sulfide) groups is 1. The molecule has 0 unspecified atom stereocenters. The second-order valence-corrected chi connectivity index (χ2v) is 7.31. The highest BCUT2D eigenvalue weighted by Gasteiger charge is 2.22. The zero-order valence-electron chi connectivity index (χ0n) is 16.3. The average molecular weight is 427 g/mol. The van der Waals surface area contributed by atoms with Gasteiger partial charge in [-0.1, -0.05) is 42.1 Å². The first-order valence-corrected chi connectivity index (χ1v) is 10.3. The largest absolute Gasteiger partial charge is 0.394 e. The van der Waals surface area contributed by atoms with E-state index in [1.54, 1.807) is 36.4 Å². The first kappa shape index (κ1) is 21.5. The summed E-state index contributed by atoms with van der Waals surface area (Å²) < 4.78 is 1.84. The van der Waals surface area contributed by atoms with E-state index in [0.717, 1.165) is 5.56 Å². The van der Waals surface area contributed by atoms with E-state index in [0.29, 0.717) is 28.8 Å². The Kier molecular flexibility index (Phi) is 7.15. The van der Waals surface area contributed by atoms with Gasteiger partial charge in [0.05, 0.1) is 11.5 Å². The molecule has 0 bridgehead atoms. The number of benzene rings is 2. The van der Waals surface area contributed by atoms with E-state index in [9.17, 15) is 20.0 Å². The summed E-state index contributed by atoms with van der Waals surface area (Å²) in [5, 5.41) is 32.4. The van der Waals surface area contributed by atoms with Gasteiger partial charge in [0.25, 0.3) is 11.6 Å². The van der Waals surface area contributed by atoms with Crippen molar-refractivity contribution in [1.29, 1.82) is 0 Å². The Morgan fingerprint density at radius 1 is 1.20 bits per heavy atom. The van der Waals surface area contributed by atoms with Crippen LogP contribution in [0.25, 0.3) is 0 Å². The smallest absolute Gasteiger partial charge is 0.269 e. The van der Waals surface area contributed by atoms with Gasteiger partial charge in [-0.05, 0) is 24.6 Å². The maximum Gasteiger partial charge on any atom is 0.269 e.